The lowest BCUT2D eigenvalue weighted by Crippen LogP contribution is -2.10. The van der Waals surface area contributed by atoms with Gasteiger partial charge in [0.15, 0.2) is 0 Å². The number of hydrogen-bond donors (Lipinski definition) is 0. The number of benzene rings is 2. The third kappa shape index (κ3) is 3.32. The molecule has 4 heteroatoms. The number of halogens is 1. The van der Waals surface area contributed by atoms with Gasteiger partial charge in [0.1, 0.15) is 5.69 Å². The van der Waals surface area contributed by atoms with Gasteiger partial charge in [-0.3, -0.25) is 4.57 Å². The van der Waals surface area contributed by atoms with Gasteiger partial charge < -0.3 is 4.74 Å². The summed E-state index contributed by atoms with van der Waals surface area (Å²) >= 11 is 2.26. The Balaban J connectivity index is 2.16. The molecule has 0 amide bonds. The Kier molecular flexibility index (Phi) is 4.81. The molecule has 0 aliphatic heterocycles. The first-order valence-corrected chi connectivity index (χ1v) is 8.49. The monoisotopic (exact) mass is 417 g/mol. The zero-order valence-electron chi connectivity index (χ0n) is 12.7. The largest absolute Gasteiger partial charge is 0.461 e. The smallest absolute Gasteiger partial charge is 0.355 e. The second kappa shape index (κ2) is 7.00. The number of esters is 1. The fraction of sp³-hybridized carbons (Fsp3) is 0.105. The summed E-state index contributed by atoms with van der Waals surface area (Å²) in [5.74, 6) is -0.306. The van der Waals surface area contributed by atoms with E-state index in [1.54, 1.807) is 0 Å². The van der Waals surface area contributed by atoms with Crippen molar-refractivity contribution in [2.45, 2.75) is 6.92 Å². The van der Waals surface area contributed by atoms with Gasteiger partial charge in [-0.1, -0.05) is 48.5 Å². The van der Waals surface area contributed by atoms with Crippen LogP contribution in [0.3, 0.4) is 0 Å². The highest BCUT2D eigenvalue weighted by Gasteiger charge is 2.18. The van der Waals surface area contributed by atoms with Crippen molar-refractivity contribution in [2.75, 3.05) is 6.61 Å². The van der Waals surface area contributed by atoms with E-state index in [1.165, 1.54) is 0 Å². The standard InChI is InChI=1S/C19H16INO2/c1-2-23-19(22)17-13-15-10-6-7-11-16(15)21(17)18(20)12-14-8-4-3-5-9-14/h3-13H,2H2,1H3/b18-12+. The average molecular weight is 417 g/mol. The van der Waals surface area contributed by atoms with Gasteiger partial charge in [-0.2, -0.15) is 0 Å². The molecule has 1 aromatic heterocycles. The second-order valence-corrected chi connectivity index (χ2v) is 6.13. The first kappa shape index (κ1) is 15.8. The fourth-order valence-corrected chi connectivity index (χ4v) is 3.37. The van der Waals surface area contributed by atoms with Gasteiger partial charge in [0.2, 0.25) is 0 Å². The van der Waals surface area contributed by atoms with Crippen molar-refractivity contribution in [1.29, 1.82) is 0 Å². The van der Waals surface area contributed by atoms with E-state index < -0.39 is 0 Å². The lowest BCUT2D eigenvalue weighted by Gasteiger charge is -2.09. The quantitative estimate of drug-likeness (QED) is 0.431. The number of para-hydroxylation sites is 1. The molecule has 0 unspecified atom stereocenters. The maximum Gasteiger partial charge on any atom is 0.355 e. The van der Waals surface area contributed by atoms with Gasteiger partial charge in [0, 0.05) is 5.39 Å². The molecule has 0 saturated carbocycles. The molecule has 0 bridgehead atoms. The van der Waals surface area contributed by atoms with E-state index in [0.29, 0.717) is 12.3 Å². The molecular formula is C19H16INO2. The predicted molar refractivity (Wildman–Crippen MR) is 103 cm³/mol. The minimum absolute atomic E-state index is 0.306. The third-order valence-electron chi connectivity index (χ3n) is 3.49. The number of nitrogens with zero attached hydrogens (tertiary/aromatic N) is 1. The number of carbonyl (C=O) groups excluding carboxylic acids is 1. The number of aromatic nitrogens is 1. The lowest BCUT2D eigenvalue weighted by molar-refractivity contribution is 0.0518. The Hall–Kier alpha value is -2.08. The van der Waals surface area contributed by atoms with Crippen LogP contribution in [0.2, 0.25) is 0 Å². The number of carbonyl (C=O) groups is 1. The summed E-state index contributed by atoms with van der Waals surface area (Å²) in [5.41, 5.74) is 2.63. The Morgan fingerprint density at radius 2 is 1.83 bits per heavy atom. The topological polar surface area (TPSA) is 31.2 Å². The second-order valence-electron chi connectivity index (χ2n) is 5.02. The number of ether oxygens (including phenoxy) is 1. The molecule has 0 aliphatic rings. The molecule has 0 N–H and O–H groups in total. The van der Waals surface area contributed by atoms with Crippen LogP contribution >= 0.6 is 22.6 Å². The maximum absolute atomic E-state index is 12.3. The molecule has 116 valence electrons. The van der Waals surface area contributed by atoms with Crippen LogP contribution in [0.5, 0.6) is 0 Å². The summed E-state index contributed by atoms with van der Waals surface area (Å²) in [6.07, 6.45) is 2.05. The van der Waals surface area contributed by atoms with Gasteiger partial charge in [-0.15, -0.1) is 0 Å². The number of fused-ring (bicyclic) bond motifs is 1. The summed E-state index contributed by atoms with van der Waals surface area (Å²) in [5, 5.41) is 1.02. The Labute approximate surface area is 148 Å². The minimum atomic E-state index is -0.306. The highest BCUT2D eigenvalue weighted by molar-refractivity contribution is 14.1. The number of hydrogen-bond acceptors (Lipinski definition) is 2. The molecule has 23 heavy (non-hydrogen) atoms. The molecule has 3 rings (SSSR count). The molecule has 1 heterocycles. The maximum atomic E-state index is 12.3. The van der Waals surface area contributed by atoms with Crippen molar-refractivity contribution in [3.63, 3.8) is 0 Å². The Morgan fingerprint density at radius 1 is 1.13 bits per heavy atom. The van der Waals surface area contributed by atoms with Crippen molar-refractivity contribution >= 4 is 49.2 Å². The summed E-state index contributed by atoms with van der Waals surface area (Å²) in [7, 11) is 0. The van der Waals surface area contributed by atoms with Crippen LogP contribution in [0.1, 0.15) is 23.0 Å². The van der Waals surface area contributed by atoms with Crippen molar-refractivity contribution < 1.29 is 9.53 Å². The van der Waals surface area contributed by atoms with E-state index in [-0.39, 0.29) is 5.97 Å². The fourth-order valence-electron chi connectivity index (χ4n) is 2.49. The van der Waals surface area contributed by atoms with Gasteiger partial charge in [-0.05, 0) is 53.3 Å². The van der Waals surface area contributed by atoms with E-state index in [1.807, 2.05) is 72.2 Å². The Bertz CT molecular complexity index is 865. The molecule has 0 spiro atoms. The van der Waals surface area contributed by atoms with Crippen molar-refractivity contribution in [3.05, 3.63) is 71.9 Å². The van der Waals surface area contributed by atoms with Crippen molar-refractivity contribution in [3.8, 4) is 0 Å². The molecular weight excluding hydrogens is 401 g/mol. The van der Waals surface area contributed by atoms with Crippen LogP contribution < -0.4 is 0 Å². The zero-order valence-corrected chi connectivity index (χ0v) is 14.9. The van der Waals surface area contributed by atoms with Crippen LogP contribution in [-0.4, -0.2) is 17.1 Å². The van der Waals surface area contributed by atoms with Gasteiger partial charge in [0.25, 0.3) is 0 Å². The molecule has 0 fully saturated rings. The summed E-state index contributed by atoms with van der Waals surface area (Å²) in [4.78, 5) is 12.3. The Morgan fingerprint density at radius 3 is 2.57 bits per heavy atom. The summed E-state index contributed by atoms with van der Waals surface area (Å²) in [6, 6.07) is 19.9. The highest BCUT2D eigenvalue weighted by Crippen LogP contribution is 2.29. The van der Waals surface area contributed by atoms with Crippen LogP contribution in [0, 0.1) is 0 Å². The van der Waals surface area contributed by atoms with Crippen molar-refractivity contribution in [2.24, 2.45) is 0 Å². The van der Waals surface area contributed by atoms with Crippen LogP contribution in [0.25, 0.3) is 20.7 Å². The van der Waals surface area contributed by atoms with Crippen molar-refractivity contribution in [1.82, 2.24) is 4.57 Å². The number of rotatable bonds is 4. The molecule has 3 aromatic rings. The van der Waals surface area contributed by atoms with Gasteiger partial charge in [0.05, 0.1) is 15.8 Å². The predicted octanol–water partition coefficient (Wildman–Crippen LogP) is 5.21. The highest BCUT2D eigenvalue weighted by atomic mass is 127. The molecule has 3 nitrogen and oxygen atoms in total. The normalized spacial score (nSPS) is 11.7. The SMILES string of the molecule is CCOC(=O)c1cc2ccccc2n1/C(I)=C/c1ccccc1. The van der Waals surface area contributed by atoms with E-state index in [9.17, 15) is 4.79 Å². The zero-order chi connectivity index (χ0) is 16.2. The first-order chi connectivity index (χ1) is 11.2. The van der Waals surface area contributed by atoms with E-state index in [2.05, 4.69) is 28.7 Å². The summed E-state index contributed by atoms with van der Waals surface area (Å²) < 4.78 is 8.10. The summed E-state index contributed by atoms with van der Waals surface area (Å²) in [6.45, 7) is 2.18. The van der Waals surface area contributed by atoms with Gasteiger partial charge >= 0.3 is 5.97 Å². The van der Waals surface area contributed by atoms with Gasteiger partial charge in [-0.25, -0.2) is 4.79 Å². The molecule has 0 atom stereocenters. The average Bonchev–Trinajstić information content (AvgIpc) is 2.95. The van der Waals surface area contributed by atoms with E-state index in [0.717, 1.165) is 20.2 Å². The molecule has 0 saturated heterocycles. The van der Waals surface area contributed by atoms with Crippen LogP contribution in [-0.2, 0) is 4.74 Å². The third-order valence-corrected chi connectivity index (χ3v) is 4.29. The van der Waals surface area contributed by atoms with E-state index >= 15 is 0 Å². The van der Waals surface area contributed by atoms with Crippen LogP contribution in [0.4, 0.5) is 0 Å². The van der Waals surface area contributed by atoms with E-state index in [4.69, 9.17) is 4.74 Å². The molecule has 2 aromatic carbocycles. The molecule has 0 radical (unpaired) electrons. The lowest BCUT2D eigenvalue weighted by atomic mass is 10.2. The molecule has 0 aliphatic carbocycles. The minimum Gasteiger partial charge on any atom is -0.461 e. The first-order valence-electron chi connectivity index (χ1n) is 7.41. The van der Waals surface area contributed by atoms with Crippen LogP contribution in [0.15, 0.2) is 60.7 Å².